The number of hydrogen-bond donors (Lipinski definition) is 1. The predicted octanol–water partition coefficient (Wildman–Crippen LogP) is 1.12. The van der Waals surface area contributed by atoms with E-state index in [1.54, 1.807) is 13.2 Å². The Balaban J connectivity index is 1.76. The summed E-state index contributed by atoms with van der Waals surface area (Å²) in [6, 6.07) is 1.93. The fraction of sp³-hybridized carbons (Fsp3) is 0.688. The van der Waals surface area contributed by atoms with E-state index in [1.807, 2.05) is 23.9 Å². The third-order valence-electron chi connectivity index (χ3n) is 3.96. The van der Waals surface area contributed by atoms with Gasteiger partial charge in [0.15, 0.2) is 5.96 Å². The summed E-state index contributed by atoms with van der Waals surface area (Å²) in [5.41, 5.74) is 0. The highest BCUT2D eigenvalue weighted by Gasteiger charge is 2.28. The number of aliphatic imine (C=N–C) groups is 1. The number of carbonyl (C=O) groups is 1. The first-order valence-electron chi connectivity index (χ1n) is 8.34. The first-order chi connectivity index (χ1) is 11.2. The quantitative estimate of drug-likeness (QED) is 0.368. The Morgan fingerprint density at radius 3 is 3.09 bits per heavy atom. The first-order valence-corrected chi connectivity index (χ1v) is 8.34. The van der Waals surface area contributed by atoms with Crippen molar-refractivity contribution >= 4 is 11.9 Å². The highest BCUT2D eigenvalue weighted by molar-refractivity contribution is 5.81. The number of likely N-dealkylation sites (tertiary alicyclic amines) is 1. The van der Waals surface area contributed by atoms with Crippen molar-refractivity contribution in [2.24, 2.45) is 10.9 Å². The van der Waals surface area contributed by atoms with Crippen molar-refractivity contribution in [3.8, 4) is 0 Å². The van der Waals surface area contributed by atoms with Crippen LogP contribution in [0.5, 0.6) is 0 Å². The Morgan fingerprint density at radius 1 is 1.52 bits per heavy atom. The van der Waals surface area contributed by atoms with Crippen LogP contribution < -0.4 is 5.32 Å². The number of aromatic nitrogens is 2. The van der Waals surface area contributed by atoms with Crippen LogP contribution in [0.2, 0.25) is 0 Å². The number of guanidine groups is 1. The van der Waals surface area contributed by atoms with Crippen LogP contribution in [-0.4, -0.2) is 59.9 Å². The van der Waals surface area contributed by atoms with Gasteiger partial charge in [-0.2, -0.15) is 5.10 Å². The standard InChI is InChI=1S/C16H27N5O2/c1-3-23-15(22)14-7-4-10-20(13-14)16(17-2)18-8-5-11-21-12-6-9-19-21/h6,9,12,14H,3-5,7-8,10-11,13H2,1-2H3,(H,17,18). The molecule has 2 heterocycles. The molecule has 0 aromatic carbocycles. The van der Waals surface area contributed by atoms with Gasteiger partial charge in [0.25, 0.3) is 0 Å². The molecule has 1 N–H and O–H groups in total. The van der Waals surface area contributed by atoms with Gasteiger partial charge in [-0.25, -0.2) is 0 Å². The predicted molar refractivity (Wildman–Crippen MR) is 89.1 cm³/mol. The average Bonchev–Trinajstić information content (AvgIpc) is 3.09. The van der Waals surface area contributed by atoms with Crippen LogP contribution in [0.4, 0.5) is 0 Å². The molecule has 0 saturated carbocycles. The highest BCUT2D eigenvalue weighted by Crippen LogP contribution is 2.18. The smallest absolute Gasteiger partial charge is 0.310 e. The van der Waals surface area contributed by atoms with Crippen LogP contribution >= 0.6 is 0 Å². The molecule has 0 radical (unpaired) electrons. The van der Waals surface area contributed by atoms with Crippen molar-refractivity contribution in [2.75, 3.05) is 33.3 Å². The van der Waals surface area contributed by atoms with Gasteiger partial charge in [-0.15, -0.1) is 0 Å². The fourth-order valence-corrected chi connectivity index (χ4v) is 2.83. The number of piperidine rings is 1. The zero-order valence-electron chi connectivity index (χ0n) is 14.1. The Morgan fingerprint density at radius 2 is 2.39 bits per heavy atom. The van der Waals surface area contributed by atoms with E-state index in [4.69, 9.17) is 4.74 Å². The highest BCUT2D eigenvalue weighted by atomic mass is 16.5. The van der Waals surface area contributed by atoms with E-state index in [2.05, 4.69) is 20.3 Å². The number of ether oxygens (including phenoxy) is 1. The monoisotopic (exact) mass is 321 g/mol. The first kappa shape index (κ1) is 17.3. The molecule has 1 saturated heterocycles. The Labute approximate surface area is 137 Å². The zero-order valence-corrected chi connectivity index (χ0v) is 14.1. The SMILES string of the molecule is CCOC(=O)C1CCCN(C(=NC)NCCCn2cccn2)C1. The number of esters is 1. The fourth-order valence-electron chi connectivity index (χ4n) is 2.83. The maximum absolute atomic E-state index is 11.9. The van der Waals surface area contributed by atoms with Crippen molar-refractivity contribution in [3.05, 3.63) is 18.5 Å². The number of nitrogens with zero attached hydrogens (tertiary/aromatic N) is 4. The zero-order chi connectivity index (χ0) is 16.5. The molecule has 1 aromatic rings. The van der Waals surface area contributed by atoms with Gasteiger partial charge in [0.05, 0.1) is 12.5 Å². The van der Waals surface area contributed by atoms with Crippen molar-refractivity contribution < 1.29 is 9.53 Å². The van der Waals surface area contributed by atoms with E-state index in [1.165, 1.54) is 0 Å². The van der Waals surface area contributed by atoms with E-state index in [-0.39, 0.29) is 11.9 Å². The molecule has 1 aliphatic rings. The summed E-state index contributed by atoms with van der Waals surface area (Å²) in [4.78, 5) is 18.4. The second-order valence-electron chi connectivity index (χ2n) is 5.63. The van der Waals surface area contributed by atoms with Crippen LogP contribution in [0.1, 0.15) is 26.2 Å². The third-order valence-corrected chi connectivity index (χ3v) is 3.96. The molecule has 0 aliphatic carbocycles. The van der Waals surface area contributed by atoms with E-state index < -0.39 is 0 Å². The van der Waals surface area contributed by atoms with Crippen LogP contribution in [0.25, 0.3) is 0 Å². The summed E-state index contributed by atoms with van der Waals surface area (Å²) in [6.07, 6.45) is 6.60. The second-order valence-corrected chi connectivity index (χ2v) is 5.63. The van der Waals surface area contributed by atoms with Gasteiger partial charge >= 0.3 is 5.97 Å². The lowest BCUT2D eigenvalue weighted by molar-refractivity contribution is -0.149. The largest absolute Gasteiger partial charge is 0.466 e. The summed E-state index contributed by atoms with van der Waals surface area (Å²) in [5, 5.41) is 7.56. The molecule has 23 heavy (non-hydrogen) atoms. The molecule has 7 nitrogen and oxygen atoms in total. The van der Waals surface area contributed by atoms with E-state index in [9.17, 15) is 4.79 Å². The van der Waals surface area contributed by atoms with E-state index in [0.717, 1.165) is 44.9 Å². The third kappa shape index (κ3) is 5.26. The number of carbonyl (C=O) groups excluding carboxylic acids is 1. The molecule has 1 unspecified atom stereocenters. The summed E-state index contributed by atoms with van der Waals surface area (Å²) < 4.78 is 7.07. The van der Waals surface area contributed by atoms with E-state index >= 15 is 0 Å². The minimum Gasteiger partial charge on any atom is -0.466 e. The van der Waals surface area contributed by atoms with Crippen molar-refractivity contribution in [2.45, 2.75) is 32.7 Å². The molecule has 2 rings (SSSR count). The minimum atomic E-state index is -0.0914. The number of nitrogens with one attached hydrogen (secondary N) is 1. The second kappa shape index (κ2) is 9.17. The van der Waals surface area contributed by atoms with Gasteiger partial charge in [0.1, 0.15) is 0 Å². The van der Waals surface area contributed by atoms with E-state index in [0.29, 0.717) is 13.2 Å². The van der Waals surface area contributed by atoms with Crippen molar-refractivity contribution in [1.29, 1.82) is 0 Å². The van der Waals surface area contributed by atoms with Gasteiger partial charge in [-0.1, -0.05) is 0 Å². The summed E-state index contributed by atoms with van der Waals surface area (Å²) in [6.45, 7) is 5.59. The molecular weight excluding hydrogens is 294 g/mol. The summed E-state index contributed by atoms with van der Waals surface area (Å²) in [7, 11) is 1.78. The topological polar surface area (TPSA) is 71.8 Å². The number of rotatable bonds is 6. The van der Waals surface area contributed by atoms with Crippen LogP contribution in [0, 0.1) is 5.92 Å². The van der Waals surface area contributed by atoms with Gasteiger partial charge in [0.2, 0.25) is 0 Å². The molecule has 7 heteroatoms. The lowest BCUT2D eigenvalue weighted by atomic mass is 9.98. The number of aryl methyl sites for hydroxylation is 1. The van der Waals surface area contributed by atoms with Gasteiger partial charge in [-0.3, -0.25) is 14.5 Å². The number of hydrogen-bond acceptors (Lipinski definition) is 4. The molecule has 128 valence electrons. The summed E-state index contributed by atoms with van der Waals surface area (Å²) >= 11 is 0. The molecule has 0 bridgehead atoms. The van der Waals surface area contributed by atoms with Gasteiger partial charge in [0, 0.05) is 45.6 Å². The molecule has 1 aliphatic heterocycles. The van der Waals surface area contributed by atoms with Crippen molar-refractivity contribution in [3.63, 3.8) is 0 Å². The maximum atomic E-state index is 11.9. The van der Waals surface area contributed by atoms with Gasteiger partial charge < -0.3 is 15.0 Å². The average molecular weight is 321 g/mol. The molecule has 0 amide bonds. The molecule has 1 fully saturated rings. The Kier molecular flexibility index (Phi) is 6.90. The van der Waals surface area contributed by atoms with Gasteiger partial charge in [-0.05, 0) is 32.3 Å². The lowest BCUT2D eigenvalue weighted by Gasteiger charge is -2.33. The summed E-state index contributed by atoms with van der Waals surface area (Å²) in [5.74, 6) is 0.720. The Bertz CT molecular complexity index is 501. The minimum absolute atomic E-state index is 0.0497. The Hall–Kier alpha value is -2.05. The molecule has 1 atom stereocenters. The van der Waals surface area contributed by atoms with Crippen molar-refractivity contribution in [1.82, 2.24) is 20.0 Å². The maximum Gasteiger partial charge on any atom is 0.310 e. The lowest BCUT2D eigenvalue weighted by Crippen LogP contribution is -2.48. The molecule has 1 aromatic heterocycles. The molecular formula is C16H27N5O2. The van der Waals surface area contributed by atoms with Crippen LogP contribution in [0.15, 0.2) is 23.5 Å². The normalized spacial score (nSPS) is 18.8. The van der Waals surface area contributed by atoms with Crippen LogP contribution in [-0.2, 0) is 16.1 Å². The molecule has 0 spiro atoms. The van der Waals surface area contributed by atoms with Crippen LogP contribution in [0.3, 0.4) is 0 Å².